The predicted molar refractivity (Wildman–Crippen MR) is 132 cm³/mol. The first-order valence-corrected chi connectivity index (χ1v) is 12.1. The van der Waals surface area contributed by atoms with Crippen LogP contribution in [0.25, 0.3) is 11.1 Å². The third-order valence-corrected chi connectivity index (χ3v) is 7.20. The molecule has 4 N–H and O–H groups in total. The Bertz CT molecular complexity index is 1310. The van der Waals surface area contributed by atoms with E-state index < -0.39 is 22.0 Å². The molecule has 0 heterocycles. The minimum atomic E-state index is -4.10. The van der Waals surface area contributed by atoms with Crippen molar-refractivity contribution in [1.82, 2.24) is 10.0 Å². The summed E-state index contributed by atoms with van der Waals surface area (Å²) in [7, 11) is -2.57. The van der Waals surface area contributed by atoms with Gasteiger partial charge in [-0.3, -0.25) is 4.79 Å². The lowest BCUT2D eigenvalue weighted by Gasteiger charge is -2.17. The molecule has 178 valence electrons. The Morgan fingerprint density at radius 1 is 1.00 bits per heavy atom. The van der Waals surface area contributed by atoms with E-state index in [1.165, 1.54) is 19.2 Å². The first kappa shape index (κ1) is 25.2. The summed E-state index contributed by atoms with van der Waals surface area (Å²) in [5, 5.41) is 15.1. The van der Waals surface area contributed by atoms with Crippen molar-refractivity contribution < 1.29 is 23.1 Å². The zero-order valence-corrected chi connectivity index (χ0v) is 20.1. The number of hydrogen-bond donors (Lipinski definition) is 4. The zero-order valence-electron chi connectivity index (χ0n) is 18.5. The van der Waals surface area contributed by atoms with Gasteiger partial charge in [0.05, 0.1) is 4.90 Å². The molecule has 0 saturated carbocycles. The number of carbonyl (C=O) groups is 2. The molecule has 0 spiro atoms. The molecule has 34 heavy (non-hydrogen) atoms. The minimum absolute atomic E-state index is 0.0489. The smallest absolute Gasteiger partial charge is 0.322 e. The van der Waals surface area contributed by atoms with E-state index in [1.807, 2.05) is 30.3 Å². The number of aliphatic carboxylic acids is 1. The van der Waals surface area contributed by atoms with Crippen LogP contribution in [0.5, 0.6) is 0 Å². The van der Waals surface area contributed by atoms with Gasteiger partial charge in [0, 0.05) is 17.8 Å². The highest BCUT2D eigenvalue weighted by molar-refractivity contribution is 7.89. The lowest BCUT2D eigenvalue weighted by Crippen LogP contribution is -2.42. The summed E-state index contributed by atoms with van der Waals surface area (Å²) in [6, 6.07) is 17.1. The average Bonchev–Trinajstić information content (AvgIpc) is 2.80. The molecule has 1 atom stereocenters. The van der Waals surface area contributed by atoms with Crippen LogP contribution in [-0.4, -0.2) is 38.6 Å². The van der Waals surface area contributed by atoms with Crippen molar-refractivity contribution in [2.75, 3.05) is 12.4 Å². The molecule has 0 aliphatic carbocycles. The van der Waals surface area contributed by atoms with Crippen LogP contribution in [0.4, 0.5) is 10.5 Å². The molecule has 0 aliphatic heterocycles. The SMILES string of the molecule is CNC(=O)Nc1cccc(-c2ccc(CC(NS(=O)(=O)c3cccc(Cl)c3C)C(=O)O)cc2)c1. The van der Waals surface area contributed by atoms with Crippen LogP contribution in [0.2, 0.25) is 5.02 Å². The second-order valence-corrected chi connectivity index (χ2v) is 9.65. The fraction of sp³-hybridized carbons (Fsp3) is 0.167. The molecular formula is C24H24ClN3O5S. The molecule has 3 aromatic rings. The van der Waals surface area contributed by atoms with Gasteiger partial charge in [0.15, 0.2) is 0 Å². The van der Waals surface area contributed by atoms with Gasteiger partial charge in [0.2, 0.25) is 10.0 Å². The van der Waals surface area contributed by atoms with Crippen molar-refractivity contribution in [2.45, 2.75) is 24.3 Å². The molecule has 1 unspecified atom stereocenters. The Kier molecular flexibility index (Phi) is 7.93. The summed E-state index contributed by atoms with van der Waals surface area (Å²) in [6.07, 6.45) is -0.0489. The highest BCUT2D eigenvalue weighted by Crippen LogP contribution is 2.25. The maximum Gasteiger partial charge on any atom is 0.322 e. The molecule has 2 amide bonds. The molecule has 0 saturated heterocycles. The number of nitrogens with one attached hydrogen (secondary N) is 3. The van der Waals surface area contributed by atoms with Gasteiger partial charge in [-0.1, -0.05) is 54.1 Å². The van der Waals surface area contributed by atoms with Gasteiger partial charge in [-0.25, -0.2) is 13.2 Å². The lowest BCUT2D eigenvalue weighted by atomic mass is 10.0. The Morgan fingerprint density at radius 2 is 1.68 bits per heavy atom. The Morgan fingerprint density at radius 3 is 2.32 bits per heavy atom. The zero-order chi connectivity index (χ0) is 24.9. The topological polar surface area (TPSA) is 125 Å². The van der Waals surface area contributed by atoms with E-state index in [1.54, 1.807) is 31.2 Å². The third-order valence-electron chi connectivity index (χ3n) is 5.18. The summed E-state index contributed by atoms with van der Waals surface area (Å²) in [6.45, 7) is 1.56. The molecule has 8 nitrogen and oxygen atoms in total. The molecule has 0 aromatic heterocycles. The second kappa shape index (κ2) is 10.7. The molecule has 3 aromatic carbocycles. The van der Waals surface area contributed by atoms with Gasteiger partial charge < -0.3 is 15.7 Å². The van der Waals surface area contributed by atoms with Crippen molar-refractivity contribution in [2.24, 2.45) is 0 Å². The quantitative estimate of drug-likeness (QED) is 0.371. The number of anilines is 1. The number of carbonyl (C=O) groups excluding carboxylic acids is 1. The second-order valence-electron chi connectivity index (χ2n) is 7.56. The molecule has 10 heteroatoms. The summed E-state index contributed by atoms with van der Waals surface area (Å²) < 4.78 is 27.9. The Hall–Kier alpha value is -3.40. The van der Waals surface area contributed by atoms with Gasteiger partial charge >= 0.3 is 12.0 Å². The number of amides is 2. The van der Waals surface area contributed by atoms with Crippen molar-refractivity contribution in [1.29, 1.82) is 0 Å². The molecule has 0 bridgehead atoms. The normalized spacial score (nSPS) is 12.1. The number of benzene rings is 3. The van der Waals surface area contributed by atoms with Crippen molar-refractivity contribution >= 4 is 39.3 Å². The predicted octanol–water partition coefficient (Wildman–Crippen LogP) is 4.04. The first-order valence-electron chi connectivity index (χ1n) is 10.3. The minimum Gasteiger partial charge on any atom is -0.480 e. The fourth-order valence-electron chi connectivity index (χ4n) is 3.35. The van der Waals surface area contributed by atoms with E-state index in [-0.39, 0.29) is 22.4 Å². The number of halogens is 1. The van der Waals surface area contributed by atoms with Crippen molar-refractivity contribution in [3.63, 3.8) is 0 Å². The van der Waals surface area contributed by atoms with Crippen LogP contribution in [0.15, 0.2) is 71.6 Å². The standard InChI is InChI=1S/C24H24ClN3O5S/c1-15-20(25)7-4-8-22(15)34(32,33)28-21(23(29)30)13-16-9-11-17(12-10-16)18-5-3-6-19(14-18)27-24(31)26-2/h3-12,14,21,28H,13H2,1-2H3,(H,29,30)(H2,26,27,31). The van der Waals surface area contributed by atoms with Crippen LogP contribution in [0.3, 0.4) is 0 Å². The molecule has 0 fully saturated rings. The van der Waals surface area contributed by atoms with E-state index in [4.69, 9.17) is 11.6 Å². The van der Waals surface area contributed by atoms with Crippen LogP contribution < -0.4 is 15.4 Å². The first-order chi connectivity index (χ1) is 16.1. The highest BCUT2D eigenvalue weighted by atomic mass is 35.5. The van der Waals surface area contributed by atoms with Crippen molar-refractivity contribution in [3.8, 4) is 11.1 Å². The van der Waals surface area contributed by atoms with Crippen LogP contribution in [-0.2, 0) is 21.2 Å². The maximum atomic E-state index is 12.8. The van der Waals surface area contributed by atoms with Gasteiger partial charge in [-0.05, 0) is 59.9 Å². The highest BCUT2D eigenvalue weighted by Gasteiger charge is 2.27. The number of rotatable bonds is 8. The number of carboxylic acids is 1. The fourth-order valence-corrected chi connectivity index (χ4v) is 5.04. The number of urea groups is 1. The summed E-state index contributed by atoms with van der Waals surface area (Å²) in [5.74, 6) is -1.29. The Balaban J connectivity index is 1.77. The third kappa shape index (κ3) is 6.13. The summed E-state index contributed by atoms with van der Waals surface area (Å²) in [5.41, 5.74) is 3.32. The maximum absolute atomic E-state index is 12.8. The number of sulfonamides is 1. The van der Waals surface area contributed by atoms with E-state index in [0.717, 1.165) is 11.1 Å². The van der Waals surface area contributed by atoms with E-state index in [2.05, 4.69) is 15.4 Å². The van der Waals surface area contributed by atoms with Crippen LogP contribution in [0.1, 0.15) is 11.1 Å². The number of hydrogen-bond acceptors (Lipinski definition) is 4. The summed E-state index contributed by atoms with van der Waals surface area (Å²) in [4.78, 5) is 23.3. The molecule has 0 radical (unpaired) electrons. The summed E-state index contributed by atoms with van der Waals surface area (Å²) >= 11 is 6.02. The molecular weight excluding hydrogens is 478 g/mol. The van der Waals surface area contributed by atoms with E-state index in [9.17, 15) is 23.1 Å². The number of carboxylic acid groups (broad SMARTS) is 1. The monoisotopic (exact) mass is 501 g/mol. The van der Waals surface area contributed by atoms with Crippen LogP contribution >= 0.6 is 11.6 Å². The Labute approximate surface area is 203 Å². The largest absolute Gasteiger partial charge is 0.480 e. The average molecular weight is 502 g/mol. The van der Waals surface area contributed by atoms with Crippen molar-refractivity contribution in [3.05, 3.63) is 82.9 Å². The van der Waals surface area contributed by atoms with Gasteiger partial charge in [-0.15, -0.1) is 0 Å². The van der Waals surface area contributed by atoms with Gasteiger partial charge in [-0.2, -0.15) is 4.72 Å². The molecule has 0 aliphatic rings. The van der Waals surface area contributed by atoms with E-state index in [0.29, 0.717) is 16.8 Å². The lowest BCUT2D eigenvalue weighted by molar-refractivity contribution is -0.138. The van der Waals surface area contributed by atoms with Crippen LogP contribution in [0, 0.1) is 6.92 Å². The van der Waals surface area contributed by atoms with Gasteiger partial charge in [0.25, 0.3) is 0 Å². The molecule has 3 rings (SSSR count). The van der Waals surface area contributed by atoms with E-state index >= 15 is 0 Å². The van der Waals surface area contributed by atoms with Gasteiger partial charge in [0.1, 0.15) is 6.04 Å².